The number of guanidine groups is 1. The lowest BCUT2D eigenvalue weighted by molar-refractivity contribution is -0.127. The number of nitrogens with zero attached hydrogens (tertiary/aromatic N) is 3. The van der Waals surface area contributed by atoms with Crippen molar-refractivity contribution in [3.63, 3.8) is 0 Å². The molecule has 1 N–H and O–H groups in total. The minimum Gasteiger partial charge on any atom is -0.354 e. The van der Waals surface area contributed by atoms with Gasteiger partial charge >= 0.3 is 0 Å². The molecule has 2 rings (SSSR count). The Hall–Kier alpha value is -2.04. The third-order valence-corrected chi connectivity index (χ3v) is 4.52. The average Bonchev–Trinajstić information content (AvgIpc) is 2.95. The van der Waals surface area contributed by atoms with Gasteiger partial charge in [0.25, 0.3) is 0 Å². The van der Waals surface area contributed by atoms with Crippen LogP contribution in [-0.4, -0.2) is 61.4 Å². The first kappa shape index (κ1) is 18.3. The van der Waals surface area contributed by atoms with E-state index in [0.29, 0.717) is 0 Å². The molecular formula is C19H30N4O. The zero-order valence-corrected chi connectivity index (χ0v) is 15.5. The molecule has 5 nitrogen and oxygen atoms in total. The van der Waals surface area contributed by atoms with E-state index in [1.165, 1.54) is 5.56 Å². The molecule has 5 heteroatoms. The lowest BCUT2D eigenvalue weighted by Crippen LogP contribution is -2.45. The first-order valence-electron chi connectivity index (χ1n) is 8.63. The van der Waals surface area contributed by atoms with Crippen LogP contribution in [0.5, 0.6) is 0 Å². The van der Waals surface area contributed by atoms with Crippen LogP contribution in [0.3, 0.4) is 0 Å². The number of carbonyl (C=O) groups is 1. The fourth-order valence-electron chi connectivity index (χ4n) is 3.00. The molecule has 132 valence electrons. The number of hydrogen-bond donors (Lipinski definition) is 1. The van der Waals surface area contributed by atoms with E-state index in [9.17, 15) is 4.79 Å². The Kier molecular flexibility index (Phi) is 5.86. The van der Waals surface area contributed by atoms with Crippen LogP contribution in [0.4, 0.5) is 0 Å². The molecule has 0 aromatic heterocycles. The molecule has 0 saturated carbocycles. The third kappa shape index (κ3) is 4.49. The second kappa shape index (κ2) is 7.69. The van der Waals surface area contributed by atoms with Gasteiger partial charge in [0.15, 0.2) is 5.96 Å². The largest absolute Gasteiger partial charge is 0.354 e. The Balaban J connectivity index is 2.13. The molecular weight excluding hydrogens is 300 g/mol. The second-order valence-electron chi connectivity index (χ2n) is 7.33. The number of aliphatic imine (C=N–C) groups is 1. The molecule has 1 amide bonds. The van der Waals surface area contributed by atoms with Crippen LogP contribution in [0.15, 0.2) is 35.3 Å². The Morgan fingerprint density at radius 1 is 1.33 bits per heavy atom. The third-order valence-electron chi connectivity index (χ3n) is 4.52. The van der Waals surface area contributed by atoms with E-state index in [1.54, 1.807) is 19.0 Å². The monoisotopic (exact) mass is 330 g/mol. The molecule has 1 heterocycles. The van der Waals surface area contributed by atoms with E-state index in [1.807, 2.05) is 0 Å². The standard InChI is InChI=1S/C19H30N4O/c1-15(2)21-18(20-13-17(24)22(4)5)23-12-11-19(3,14-23)16-9-7-6-8-10-16/h6-10,15H,11-14H2,1-5H3,(H,20,21). The maximum Gasteiger partial charge on any atom is 0.243 e. The molecule has 1 aliphatic heterocycles. The molecule has 1 aliphatic rings. The predicted molar refractivity (Wildman–Crippen MR) is 99.3 cm³/mol. The molecule has 1 aromatic rings. The lowest BCUT2D eigenvalue weighted by atomic mass is 9.82. The Morgan fingerprint density at radius 3 is 2.58 bits per heavy atom. The number of carbonyl (C=O) groups excluding carboxylic acids is 1. The van der Waals surface area contributed by atoms with Crippen molar-refractivity contribution >= 4 is 11.9 Å². The number of amides is 1. The smallest absolute Gasteiger partial charge is 0.243 e. The summed E-state index contributed by atoms with van der Waals surface area (Å²) in [6.45, 7) is 8.53. The molecule has 0 aliphatic carbocycles. The summed E-state index contributed by atoms with van der Waals surface area (Å²) in [6, 6.07) is 10.9. The highest BCUT2D eigenvalue weighted by Crippen LogP contribution is 2.33. The number of likely N-dealkylation sites (tertiary alicyclic amines) is 1. The highest BCUT2D eigenvalue weighted by molar-refractivity contribution is 5.85. The molecule has 1 saturated heterocycles. The van der Waals surface area contributed by atoms with Crippen LogP contribution in [0.2, 0.25) is 0 Å². The predicted octanol–water partition coefficient (Wildman–Crippen LogP) is 2.09. The highest BCUT2D eigenvalue weighted by atomic mass is 16.2. The Bertz CT molecular complexity index is 582. The van der Waals surface area contributed by atoms with Crippen molar-refractivity contribution in [3.8, 4) is 0 Å². The van der Waals surface area contributed by atoms with Crippen molar-refractivity contribution in [1.82, 2.24) is 15.1 Å². The maximum atomic E-state index is 11.9. The molecule has 1 unspecified atom stereocenters. The van der Waals surface area contributed by atoms with Gasteiger partial charge in [-0.05, 0) is 25.8 Å². The lowest BCUT2D eigenvalue weighted by Gasteiger charge is -2.28. The second-order valence-corrected chi connectivity index (χ2v) is 7.33. The normalized spacial score (nSPS) is 21.2. The minimum absolute atomic E-state index is 0.0167. The quantitative estimate of drug-likeness (QED) is 0.679. The summed E-state index contributed by atoms with van der Waals surface area (Å²) in [7, 11) is 3.52. The van der Waals surface area contributed by atoms with Gasteiger partial charge in [-0.1, -0.05) is 37.3 Å². The van der Waals surface area contributed by atoms with Gasteiger partial charge < -0.3 is 15.1 Å². The van der Waals surface area contributed by atoms with Crippen LogP contribution in [0, 0.1) is 0 Å². The van der Waals surface area contributed by atoms with Gasteiger partial charge in [-0.25, -0.2) is 4.99 Å². The van der Waals surface area contributed by atoms with Crippen LogP contribution in [-0.2, 0) is 10.2 Å². The molecule has 0 radical (unpaired) electrons. The summed E-state index contributed by atoms with van der Waals surface area (Å²) >= 11 is 0. The molecule has 1 atom stereocenters. The van der Waals surface area contributed by atoms with Gasteiger partial charge in [-0.2, -0.15) is 0 Å². The zero-order valence-electron chi connectivity index (χ0n) is 15.5. The highest BCUT2D eigenvalue weighted by Gasteiger charge is 2.36. The van der Waals surface area contributed by atoms with E-state index in [0.717, 1.165) is 25.5 Å². The van der Waals surface area contributed by atoms with Gasteiger partial charge in [-0.15, -0.1) is 0 Å². The number of rotatable bonds is 4. The van der Waals surface area contributed by atoms with Crippen LogP contribution in [0.1, 0.15) is 32.8 Å². The summed E-state index contributed by atoms with van der Waals surface area (Å²) in [5, 5.41) is 3.41. The van der Waals surface area contributed by atoms with Gasteiger partial charge in [0.2, 0.25) is 5.91 Å². The zero-order chi connectivity index (χ0) is 17.7. The van der Waals surface area contributed by atoms with Crippen LogP contribution < -0.4 is 5.32 Å². The summed E-state index contributed by atoms with van der Waals surface area (Å²) in [5.74, 6) is 0.850. The molecule has 0 spiro atoms. The summed E-state index contributed by atoms with van der Waals surface area (Å²) < 4.78 is 0. The molecule has 1 aromatic carbocycles. The van der Waals surface area contributed by atoms with E-state index in [2.05, 4.69) is 66.3 Å². The van der Waals surface area contributed by atoms with E-state index < -0.39 is 0 Å². The van der Waals surface area contributed by atoms with Crippen molar-refractivity contribution in [1.29, 1.82) is 0 Å². The summed E-state index contributed by atoms with van der Waals surface area (Å²) in [4.78, 5) is 20.3. The number of likely N-dealkylation sites (N-methyl/N-ethyl adjacent to an activating group) is 1. The first-order chi connectivity index (χ1) is 11.3. The van der Waals surface area contributed by atoms with Gasteiger partial charge in [0.1, 0.15) is 6.54 Å². The average molecular weight is 330 g/mol. The van der Waals surface area contributed by atoms with Crippen molar-refractivity contribution in [2.75, 3.05) is 33.7 Å². The van der Waals surface area contributed by atoms with Crippen molar-refractivity contribution < 1.29 is 4.79 Å². The number of benzene rings is 1. The van der Waals surface area contributed by atoms with E-state index in [-0.39, 0.29) is 23.9 Å². The van der Waals surface area contributed by atoms with Crippen molar-refractivity contribution in [2.24, 2.45) is 4.99 Å². The van der Waals surface area contributed by atoms with Crippen molar-refractivity contribution in [3.05, 3.63) is 35.9 Å². The SMILES string of the molecule is CC(C)NC(=NCC(=O)N(C)C)N1CCC(C)(c2ccccc2)C1. The fourth-order valence-corrected chi connectivity index (χ4v) is 3.00. The van der Waals surface area contributed by atoms with E-state index in [4.69, 9.17) is 0 Å². The van der Waals surface area contributed by atoms with Crippen LogP contribution in [0.25, 0.3) is 0 Å². The summed E-state index contributed by atoms with van der Waals surface area (Å²) in [6.07, 6.45) is 1.08. The van der Waals surface area contributed by atoms with E-state index >= 15 is 0 Å². The molecule has 24 heavy (non-hydrogen) atoms. The molecule has 0 bridgehead atoms. The maximum absolute atomic E-state index is 11.9. The van der Waals surface area contributed by atoms with Gasteiger partial charge in [-0.3, -0.25) is 4.79 Å². The summed E-state index contributed by atoms with van der Waals surface area (Å²) in [5.41, 5.74) is 1.48. The van der Waals surface area contributed by atoms with Gasteiger partial charge in [0, 0.05) is 38.6 Å². The van der Waals surface area contributed by atoms with Crippen molar-refractivity contribution in [2.45, 2.75) is 38.6 Å². The fraction of sp³-hybridized carbons (Fsp3) is 0.579. The molecule has 1 fully saturated rings. The number of hydrogen-bond acceptors (Lipinski definition) is 2. The first-order valence-corrected chi connectivity index (χ1v) is 8.63. The Morgan fingerprint density at radius 2 is 2.00 bits per heavy atom. The van der Waals surface area contributed by atoms with Gasteiger partial charge in [0.05, 0.1) is 0 Å². The van der Waals surface area contributed by atoms with Crippen LogP contribution >= 0.6 is 0 Å². The Labute approximate surface area is 145 Å². The minimum atomic E-state index is 0.0167. The topological polar surface area (TPSA) is 47.9 Å². The number of nitrogens with one attached hydrogen (secondary N) is 1.